The first-order valence-electron chi connectivity index (χ1n) is 11.2. The van der Waals surface area contributed by atoms with Crippen LogP contribution in [0.1, 0.15) is 38.3 Å². The Morgan fingerprint density at radius 3 is 2.55 bits per heavy atom. The second kappa shape index (κ2) is 9.27. The van der Waals surface area contributed by atoms with Gasteiger partial charge in [-0.25, -0.2) is 4.79 Å². The number of ketones is 1. The molecule has 1 aliphatic carbocycles. The van der Waals surface area contributed by atoms with Gasteiger partial charge in [0.05, 0.1) is 31.1 Å². The maximum atomic E-state index is 13.6. The van der Waals surface area contributed by atoms with Crippen LogP contribution in [0.25, 0.3) is 0 Å². The van der Waals surface area contributed by atoms with Crippen LogP contribution >= 0.6 is 0 Å². The van der Waals surface area contributed by atoms with Gasteiger partial charge in [0.2, 0.25) is 0 Å². The maximum Gasteiger partial charge on any atom is 0.322 e. The van der Waals surface area contributed by atoms with E-state index < -0.39 is 6.04 Å². The molecule has 0 unspecified atom stereocenters. The number of carbonyl (C=O) groups is 2. The second-order valence-electron chi connectivity index (χ2n) is 9.25. The molecule has 0 fully saturated rings. The van der Waals surface area contributed by atoms with Crippen LogP contribution in [0.15, 0.2) is 59.8 Å². The van der Waals surface area contributed by atoms with E-state index in [2.05, 4.69) is 24.5 Å². The standard InChI is InChI=1S/C26H31N3O4/c1-26(2)15-20-23(22(30)16-26)24(17-9-11-18(33-4)12-10-17)29(25(31)27-13-14-32-3)21-8-6-5-7-19(21)28-20/h5-12,24,28H,13-16H2,1-4H3,(H,27,31)/t24-/m0/s1. The molecule has 1 aliphatic heterocycles. The summed E-state index contributed by atoms with van der Waals surface area (Å²) in [5.41, 5.74) is 3.70. The summed E-state index contributed by atoms with van der Waals surface area (Å²) in [6, 6.07) is 14.4. The predicted molar refractivity (Wildman–Crippen MR) is 129 cm³/mol. The van der Waals surface area contributed by atoms with Crippen molar-refractivity contribution in [3.05, 3.63) is 65.4 Å². The summed E-state index contributed by atoms with van der Waals surface area (Å²) in [6.45, 7) is 4.97. The molecule has 174 valence electrons. The Labute approximate surface area is 194 Å². The molecule has 0 bridgehead atoms. The Morgan fingerprint density at radius 2 is 1.85 bits per heavy atom. The van der Waals surface area contributed by atoms with Gasteiger partial charge in [0.15, 0.2) is 5.78 Å². The number of anilines is 2. The average molecular weight is 450 g/mol. The summed E-state index contributed by atoms with van der Waals surface area (Å²) in [4.78, 5) is 28.9. The molecule has 0 spiro atoms. The monoisotopic (exact) mass is 449 g/mol. The Kier molecular flexibility index (Phi) is 6.42. The third-order valence-electron chi connectivity index (χ3n) is 6.13. The molecule has 4 rings (SSSR count). The number of carbonyl (C=O) groups excluding carboxylic acids is 2. The Hall–Kier alpha value is -3.32. The summed E-state index contributed by atoms with van der Waals surface area (Å²) < 4.78 is 10.4. The minimum absolute atomic E-state index is 0.0528. The highest BCUT2D eigenvalue weighted by atomic mass is 16.5. The third kappa shape index (κ3) is 4.59. The van der Waals surface area contributed by atoms with Crippen molar-refractivity contribution in [3.8, 4) is 5.75 Å². The number of ether oxygens (including phenoxy) is 2. The van der Waals surface area contributed by atoms with Gasteiger partial charge in [-0.2, -0.15) is 0 Å². The zero-order chi connectivity index (χ0) is 23.6. The minimum Gasteiger partial charge on any atom is -0.497 e. The number of methoxy groups -OCH3 is 2. The van der Waals surface area contributed by atoms with Crippen molar-refractivity contribution in [2.45, 2.75) is 32.7 Å². The van der Waals surface area contributed by atoms with Crippen molar-refractivity contribution in [3.63, 3.8) is 0 Å². The molecular weight excluding hydrogens is 418 g/mol. The number of nitrogens with one attached hydrogen (secondary N) is 2. The fourth-order valence-electron chi connectivity index (χ4n) is 4.66. The number of hydrogen-bond donors (Lipinski definition) is 2. The fourth-order valence-corrected chi connectivity index (χ4v) is 4.66. The summed E-state index contributed by atoms with van der Waals surface area (Å²) in [6.07, 6.45) is 1.14. The van der Waals surface area contributed by atoms with Crippen LogP contribution in [0.4, 0.5) is 16.2 Å². The van der Waals surface area contributed by atoms with Gasteiger partial charge in [-0.1, -0.05) is 38.1 Å². The summed E-state index contributed by atoms with van der Waals surface area (Å²) >= 11 is 0. The molecule has 2 aromatic carbocycles. The smallest absolute Gasteiger partial charge is 0.322 e. The predicted octanol–water partition coefficient (Wildman–Crippen LogP) is 4.67. The first kappa shape index (κ1) is 22.9. The number of rotatable bonds is 5. The number of hydrogen-bond acceptors (Lipinski definition) is 5. The molecule has 7 nitrogen and oxygen atoms in total. The van der Waals surface area contributed by atoms with E-state index in [4.69, 9.17) is 9.47 Å². The molecule has 33 heavy (non-hydrogen) atoms. The summed E-state index contributed by atoms with van der Waals surface area (Å²) in [5, 5.41) is 6.46. The van der Waals surface area contributed by atoms with Crippen LogP contribution in [0.5, 0.6) is 5.75 Å². The molecule has 0 saturated carbocycles. The van der Waals surface area contributed by atoms with Gasteiger partial charge < -0.3 is 20.1 Å². The lowest BCUT2D eigenvalue weighted by Gasteiger charge is -2.37. The molecular formula is C26H31N3O4. The molecule has 2 aromatic rings. The van der Waals surface area contributed by atoms with Crippen LogP contribution < -0.4 is 20.3 Å². The molecule has 7 heteroatoms. The van der Waals surface area contributed by atoms with E-state index in [1.165, 1.54) is 0 Å². The number of fused-ring (bicyclic) bond motifs is 1. The van der Waals surface area contributed by atoms with Crippen LogP contribution in [-0.4, -0.2) is 39.2 Å². The van der Waals surface area contributed by atoms with Crippen LogP contribution in [-0.2, 0) is 9.53 Å². The molecule has 1 heterocycles. The molecule has 0 aromatic heterocycles. The first-order valence-corrected chi connectivity index (χ1v) is 11.2. The van der Waals surface area contributed by atoms with E-state index in [0.29, 0.717) is 43.0 Å². The number of nitrogens with zero attached hydrogens (tertiary/aromatic N) is 1. The van der Waals surface area contributed by atoms with Crippen molar-refractivity contribution < 1.29 is 19.1 Å². The number of amides is 2. The van der Waals surface area contributed by atoms with Gasteiger partial charge >= 0.3 is 6.03 Å². The highest BCUT2D eigenvalue weighted by molar-refractivity contribution is 6.06. The Bertz CT molecular complexity index is 1080. The minimum atomic E-state index is -0.576. The fraction of sp³-hybridized carbons (Fsp3) is 0.385. The maximum absolute atomic E-state index is 13.6. The molecule has 1 atom stereocenters. The Balaban J connectivity index is 1.91. The number of allylic oxidation sites excluding steroid dienone is 1. The van der Waals surface area contributed by atoms with E-state index >= 15 is 0 Å². The zero-order valence-corrected chi connectivity index (χ0v) is 19.6. The van der Waals surface area contributed by atoms with E-state index in [9.17, 15) is 9.59 Å². The zero-order valence-electron chi connectivity index (χ0n) is 19.6. The van der Waals surface area contributed by atoms with Gasteiger partial charge in [0.25, 0.3) is 0 Å². The van der Waals surface area contributed by atoms with E-state index in [1.54, 1.807) is 19.1 Å². The third-order valence-corrected chi connectivity index (χ3v) is 6.13. The van der Waals surface area contributed by atoms with Crippen molar-refractivity contribution in [1.29, 1.82) is 0 Å². The average Bonchev–Trinajstić information content (AvgIpc) is 2.92. The van der Waals surface area contributed by atoms with Gasteiger partial charge in [-0.05, 0) is 41.7 Å². The number of Topliss-reactive ketones (excluding diaryl/α,β-unsaturated/α-hetero) is 1. The molecule has 2 amide bonds. The SMILES string of the molecule is COCCNC(=O)N1c2ccccc2NC2=C(C(=O)CC(C)(C)C2)[C@@H]1c1ccc(OC)cc1. The summed E-state index contributed by atoms with van der Waals surface area (Å²) in [7, 11) is 3.21. The highest BCUT2D eigenvalue weighted by Gasteiger charge is 2.43. The van der Waals surface area contributed by atoms with Gasteiger partial charge in [0.1, 0.15) is 5.75 Å². The Morgan fingerprint density at radius 1 is 1.12 bits per heavy atom. The topological polar surface area (TPSA) is 79.9 Å². The lowest BCUT2D eigenvalue weighted by molar-refractivity contribution is -0.118. The van der Waals surface area contributed by atoms with Crippen LogP contribution in [0.3, 0.4) is 0 Å². The van der Waals surface area contributed by atoms with Crippen molar-refractivity contribution >= 4 is 23.2 Å². The van der Waals surface area contributed by atoms with Gasteiger partial charge in [-0.15, -0.1) is 0 Å². The largest absolute Gasteiger partial charge is 0.497 e. The highest BCUT2D eigenvalue weighted by Crippen LogP contribution is 2.48. The lowest BCUT2D eigenvalue weighted by atomic mass is 9.73. The summed E-state index contributed by atoms with van der Waals surface area (Å²) in [5.74, 6) is 0.768. The second-order valence-corrected chi connectivity index (χ2v) is 9.25. The molecule has 2 N–H and O–H groups in total. The van der Waals surface area contributed by atoms with Gasteiger partial charge in [-0.3, -0.25) is 9.69 Å². The lowest BCUT2D eigenvalue weighted by Crippen LogP contribution is -2.45. The molecule has 0 radical (unpaired) electrons. The quantitative estimate of drug-likeness (QED) is 0.649. The van der Waals surface area contributed by atoms with E-state index in [1.807, 2.05) is 48.5 Å². The number of benzene rings is 2. The van der Waals surface area contributed by atoms with E-state index in [0.717, 1.165) is 16.9 Å². The van der Waals surface area contributed by atoms with E-state index in [-0.39, 0.29) is 17.2 Å². The van der Waals surface area contributed by atoms with Crippen LogP contribution in [0.2, 0.25) is 0 Å². The normalized spacial score (nSPS) is 19.2. The van der Waals surface area contributed by atoms with Crippen molar-refractivity contribution in [2.75, 3.05) is 37.6 Å². The first-order chi connectivity index (χ1) is 15.8. The van der Waals surface area contributed by atoms with Crippen molar-refractivity contribution in [1.82, 2.24) is 5.32 Å². The van der Waals surface area contributed by atoms with Crippen LogP contribution in [0, 0.1) is 5.41 Å². The number of urea groups is 1. The molecule has 2 aliphatic rings. The van der Waals surface area contributed by atoms with Gasteiger partial charge in [0, 0.05) is 31.3 Å². The number of para-hydroxylation sites is 2. The molecule has 0 saturated heterocycles. The van der Waals surface area contributed by atoms with Crippen molar-refractivity contribution in [2.24, 2.45) is 5.41 Å².